The standard InChI is InChI=1S/C9H11N3O.H2/c1-6(2)7-5-9(13)12-8(11-7)3-4-10-12;/h3-6,10H,1-2H3;1H. The van der Waals surface area contributed by atoms with Crippen LogP contribution in [0.25, 0.3) is 5.65 Å². The number of aromatic amines is 1. The predicted octanol–water partition coefficient (Wildman–Crippen LogP) is 1.39. The quantitative estimate of drug-likeness (QED) is 0.719. The molecule has 0 radical (unpaired) electrons. The van der Waals surface area contributed by atoms with Crippen LogP contribution in [-0.2, 0) is 0 Å². The van der Waals surface area contributed by atoms with Crippen molar-refractivity contribution < 1.29 is 1.43 Å². The molecule has 0 bridgehead atoms. The molecule has 0 aliphatic rings. The van der Waals surface area contributed by atoms with Gasteiger partial charge < -0.3 is 0 Å². The lowest BCUT2D eigenvalue weighted by molar-refractivity contribution is 0.797. The van der Waals surface area contributed by atoms with E-state index in [2.05, 4.69) is 10.1 Å². The second-order valence-electron chi connectivity index (χ2n) is 3.33. The molecule has 0 fully saturated rings. The second-order valence-corrected chi connectivity index (χ2v) is 3.33. The molecule has 0 saturated carbocycles. The molecule has 0 saturated heterocycles. The number of nitrogens with one attached hydrogen (secondary N) is 1. The topological polar surface area (TPSA) is 50.2 Å². The van der Waals surface area contributed by atoms with Gasteiger partial charge in [0.05, 0.1) is 5.69 Å². The minimum Gasteiger partial charge on any atom is -0.297 e. The van der Waals surface area contributed by atoms with E-state index in [-0.39, 0.29) is 12.9 Å². The first-order valence-corrected chi connectivity index (χ1v) is 4.25. The Morgan fingerprint density at radius 1 is 1.62 bits per heavy atom. The fraction of sp³-hybridized carbons (Fsp3) is 0.333. The maximum atomic E-state index is 11.5. The minimum atomic E-state index is -0.0568. The highest BCUT2D eigenvalue weighted by atomic mass is 16.1. The van der Waals surface area contributed by atoms with Crippen molar-refractivity contribution >= 4 is 5.65 Å². The molecule has 0 aliphatic carbocycles. The zero-order chi connectivity index (χ0) is 9.42. The average molecular weight is 179 g/mol. The Hall–Kier alpha value is -1.58. The highest BCUT2D eigenvalue weighted by Gasteiger charge is 2.05. The Morgan fingerprint density at radius 2 is 2.38 bits per heavy atom. The summed E-state index contributed by atoms with van der Waals surface area (Å²) in [5, 5.41) is 2.80. The Bertz CT molecular complexity index is 486. The number of hydrogen-bond acceptors (Lipinski definition) is 2. The molecule has 2 aromatic rings. The average Bonchev–Trinajstić information content (AvgIpc) is 2.51. The fourth-order valence-corrected chi connectivity index (χ4v) is 1.24. The van der Waals surface area contributed by atoms with Crippen molar-refractivity contribution in [1.29, 1.82) is 0 Å². The normalized spacial score (nSPS) is 11.3. The van der Waals surface area contributed by atoms with Crippen LogP contribution in [0.5, 0.6) is 0 Å². The molecule has 0 unspecified atom stereocenters. The molecule has 1 N–H and O–H groups in total. The van der Waals surface area contributed by atoms with Crippen molar-refractivity contribution in [3.05, 3.63) is 34.4 Å². The zero-order valence-electron chi connectivity index (χ0n) is 7.61. The molecule has 13 heavy (non-hydrogen) atoms. The molecule has 0 amide bonds. The summed E-state index contributed by atoms with van der Waals surface area (Å²) in [6.07, 6.45) is 1.70. The molecule has 0 spiro atoms. The van der Waals surface area contributed by atoms with Gasteiger partial charge in [0.15, 0.2) is 5.65 Å². The molecule has 2 heterocycles. The summed E-state index contributed by atoms with van der Waals surface area (Å²) in [6.45, 7) is 4.04. The van der Waals surface area contributed by atoms with Crippen LogP contribution in [-0.4, -0.2) is 14.6 Å². The van der Waals surface area contributed by atoms with Gasteiger partial charge in [-0.15, -0.1) is 0 Å². The van der Waals surface area contributed by atoms with E-state index in [9.17, 15) is 4.79 Å². The number of hydrogen-bond donors (Lipinski definition) is 1. The molecule has 4 heteroatoms. The maximum absolute atomic E-state index is 11.5. The molecule has 2 aromatic heterocycles. The second kappa shape index (κ2) is 2.73. The van der Waals surface area contributed by atoms with Crippen LogP contribution in [0.3, 0.4) is 0 Å². The Kier molecular flexibility index (Phi) is 1.69. The number of rotatable bonds is 1. The van der Waals surface area contributed by atoms with Crippen LogP contribution in [0.15, 0.2) is 23.1 Å². The summed E-state index contributed by atoms with van der Waals surface area (Å²) < 4.78 is 1.42. The number of aromatic nitrogens is 3. The van der Waals surface area contributed by atoms with Crippen LogP contribution in [0, 0.1) is 0 Å². The maximum Gasteiger partial charge on any atom is 0.272 e. The lowest BCUT2D eigenvalue weighted by Crippen LogP contribution is -2.15. The van der Waals surface area contributed by atoms with Gasteiger partial charge in [0, 0.05) is 19.8 Å². The van der Waals surface area contributed by atoms with E-state index in [1.54, 1.807) is 18.3 Å². The van der Waals surface area contributed by atoms with E-state index >= 15 is 0 Å². The van der Waals surface area contributed by atoms with Gasteiger partial charge in [0.1, 0.15) is 0 Å². The van der Waals surface area contributed by atoms with Crippen molar-refractivity contribution in [2.45, 2.75) is 19.8 Å². The van der Waals surface area contributed by atoms with Crippen LogP contribution in [0.4, 0.5) is 0 Å². The third-order valence-electron chi connectivity index (χ3n) is 1.99. The van der Waals surface area contributed by atoms with E-state index in [0.717, 1.165) is 5.69 Å². The fourth-order valence-electron chi connectivity index (χ4n) is 1.24. The predicted molar refractivity (Wildman–Crippen MR) is 52.0 cm³/mol. The van der Waals surface area contributed by atoms with E-state index in [0.29, 0.717) is 5.65 Å². The molecular weight excluding hydrogens is 166 g/mol. The van der Waals surface area contributed by atoms with Crippen LogP contribution in [0.2, 0.25) is 0 Å². The van der Waals surface area contributed by atoms with Crippen LogP contribution >= 0.6 is 0 Å². The van der Waals surface area contributed by atoms with Gasteiger partial charge in [-0.2, -0.15) is 0 Å². The van der Waals surface area contributed by atoms with Crippen LogP contribution in [0.1, 0.15) is 26.9 Å². The van der Waals surface area contributed by atoms with Gasteiger partial charge in [-0.05, 0) is 5.92 Å². The van der Waals surface area contributed by atoms with E-state index in [1.165, 1.54) is 4.52 Å². The van der Waals surface area contributed by atoms with E-state index in [1.807, 2.05) is 13.8 Å². The Morgan fingerprint density at radius 3 is 3.08 bits per heavy atom. The van der Waals surface area contributed by atoms with Crippen molar-refractivity contribution in [2.24, 2.45) is 0 Å². The number of nitrogens with zero attached hydrogens (tertiary/aromatic N) is 2. The van der Waals surface area contributed by atoms with Crippen molar-refractivity contribution in [3.8, 4) is 0 Å². The first kappa shape index (κ1) is 8.04. The molecule has 0 atom stereocenters. The molecule has 4 nitrogen and oxygen atoms in total. The van der Waals surface area contributed by atoms with Crippen LogP contribution < -0.4 is 5.56 Å². The minimum absolute atomic E-state index is 0. The Balaban J connectivity index is 0.000000980. The van der Waals surface area contributed by atoms with E-state index in [4.69, 9.17) is 0 Å². The summed E-state index contributed by atoms with van der Waals surface area (Å²) in [5.74, 6) is 0.285. The van der Waals surface area contributed by atoms with Gasteiger partial charge in [-0.3, -0.25) is 9.89 Å². The highest BCUT2D eigenvalue weighted by molar-refractivity contribution is 5.36. The number of H-pyrrole nitrogens is 1. The summed E-state index contributed by atoms with van der Waals surface area (Å²) >= 11 is 0. The van der Waals surface area contributed by atoms with Crippen molar-refractivity contribution in [2.75, 3.05) is 0 Å². The molecular formula is C9H13N3O. The van der Waals surface area contributed by atoms with Gasteiger partial charge in [-0.1, -0.05) is 13.8 Å². The summed E-state index contributed by atoms with van der Waals surface area (Å²) in [4.78, 5) is 15.8. The van der Waals surface area contributed by atoms with Gasteiger partial charge in [0.25, 0.3) is 5.56 Å². The third kappa shape index (κ3) is 1.24. The first-order valence-electron chi connectivity index (χ1n) is 4.25. The molecule has 70 valence electrons. The van der Waals surface area contributed by atoms with Crippen molar-refractivity contribution in [1.82, 2.24) is 14.6 Å². The summed E-state index contributed by atoms with van der Waals surface area (Å²) in [6, 6.07) is 3.35. The van der Waals surface area contributed by atoms with Gasteiger partial charge in [-0.25, -0.2) is 9.50 Å². The van der Waals surface area contributed by atoms with Gasteiger partial charge >= 0.3 is 0 Å². The number of fused-ring (bicyclic) bond motifs is 1. The SMILES string of the molecule is CC(C)c1cc(=O)n2[nH]ccc2n1.[HH]. The zero-order valence-corrected chi connectivity index (χ0v) is 7.61. The first-order chi connectivity index (χ1) is 6.18. The molecule has 0 aromatic carbocycles. The summed E-state index contributed by atoms with van der Waals surface area (Å²) in [7, 11) is 0. The largest absolute Gasteiger partial charge is 0.297 e. The lowest BCUT2D eigenvalue weighted by Gasteiger charge is -2.02. The molecule has 2 rings (SSSR count). The summed E-state index contributed by atoms with van der Waals surface area (Å²) in [5.41, 5.74) is 1.46. The van der Waals surface area contributed by atoms with Crippen molar-refractivity contribution in [3.63, 3.8) is 0 Å². The smallest absolute Gasteiger partial charge is 0.272 e. The van der Waals surface area contributed by atoms with E-state index < -0.39 is 0 Å². The monoisotopic (exact) mass is 179 g/mol. The molecule has 0 aliphatic heterocycles. The highest BCUT2D eigenvalue weighted by Crippen LogP contribution is 2.09. The van der Waals surface area contributed by atoms with Gasteiger partial charge in [0.2, 0.25) is 0 Å². The Labute approximate surface area is 76.7 Å². The third-order valence-corrected chi connectivity index (χ3v) is 1.99. The lowest BCUT2D eigenvalue weighted by atomic mass is 10.1.